The summed E-state index contributed by atoms with van der Waals surface area (Å²) in [4.78, 5) is 24.1. The molecule has 0 aliphatic heterocycles. The fourth-order valence-corrected chi connectivity index (χ4v) is 3.08. The standard InChI is InChI=1S/C15H23N3O3/c1-4-11-5-7-15(8-6-11,14(20)21)16-13(19)12-9-18(3)17-10(12)2/h9,11H,4-8H2,1-3H3,(H,16,19)(H,20,21). The molecule has 1 aliphatic carbocycles. The van der Waals surface area contributed by atoms with Gasteiger partial charge in [0.15, 0.2) is 0 Å². The average Bonchev–Trinajstić information content (AvgIpc) is 2.78. The van der Waals surface area contributed by atoms with Crippen LogP contribution in [0.1, 0.15) is 55.1 Å². The van der Waals surface area contributed by atoms with Crippen molar-refractivity contribution >= 4 is 11.9 Å². The smallest absolute Gasteiger partial charge is 0.329 e. The van der Waals surface area contributed by atoms with Crippen LogP contribution >= 0.6 is 0 Å². The van der Waals surface area contributed by atoms with Crippen LogP contribution in [0.2, 0.25) is 0 Å². The van der Waals surface area contributed by atoms with Gasteiger partial charge in [-0.05, 0) is 38.5 Å². The number of amides is 1. The molecule has 1 aromatic rings. The van der Waals surface area contributed by atoms with E-state index in [1.165, 1.54) is 0 Å². The highest BCUT2D eigenvalue weighted by Gasteiger charge is 2.43. The van der Waals surface area contributed by atoms with Gasteiger partial charge < -0.3 is 10.4 Å². The minimum absolute atomic E-state index is 0.349. The minimum Gasteiger partial charge on any atom is -0.480 e. The molecule has 21 heavy (non-hydrogen) atoms. The normalized spacial score (nSPS) is 25.6. The molecule has 6 heteroatoms. The lowest BCUT2D eigenvalue weighted by Gasteiger charge is -2.37. The maximum atomic E-state index is 12.4. The molecule has 1 fully saturated rings. The van der Waals surface area contributed by atoms with Crippen LogP contribution in [0, 0.1) is 12.8 Å². The number of rotatable bonds is 4. The summed E-state index contributed by atoms with van der Waals surface area (Å²) in [6.07, 6.45) is 5.35. The quantitative estimate of drug-likeness (QED) is 0.887. The van der Waals surface area contributed by atoms with Crippen LogP contribution in [0.3, 0.4) is 0 Å². The molecule has 0 saturated heterocycles. The zero-order valence-corrected chi connectivity index (χ0v) is 12.8. The monoisotopic (exact) mass is 293 g/mol. The Bertz CT molecular complexity index is 542. The Morgan fingerprint density at radius 1 is 1.48 bits per heavy atom. The fourth-order valence-electron chi connectivity index (χ4n) is 3.08. The summed E-state index contributed by atoms with van der Waals surface area (Å²) in [5.41, 5.74) is -0.0843. The maximum absolute atomic E-state index is 12.4. The van der Waals surface area contributed by atoms with E-state index in [2.05, 4.69) is 17.3 Å². The number of hydrogen-bond donors (Lipinski definition) is 2. The van der Waals surface area contributed by atoms with E-state index in [1.807, 2.05) is 0 Å². The minimum atomic E-state index is -1.13. The number of nitrogens with zero attached hydrogens (tertiary/aromatic N) is 2. The lowest BCUT2D eigenvalue weighted by atomic mass is 9.75. The Balaban J connectivity index is 2.16. The second kappa shape index (κ2) is 5.87. The third-order valence-electron chi connectivity index (χ3n) is 4.56. The third kappa shape index (κ3) is 3.09. The number of aliphatic carboxylic acids is 1. The first-order valence-electron chi connectivity index (χ1n) is 7.44. The molecule has 0 aromatic carbocycles. The van der Waals surface area contributed by atoms with E-state index >= 15 is 0 Å². The molecular formula is C15H23N3O3. The first kappa shape index (κ1) is 15.5. The van der Waals surface area contributed by atoms with Crippen molar-refractivity contribution in [3.8, 4) is 0 Å². The van der Waals surface area contributed by atoms with Gasteiger partial charge in [0.2, 0.25) is 0 Å². The highest BCUT2D eigenvalue weighted by atomic mass is 16.4. The predicted octanol–water partition coefficient (Wildman–Crippen LogP) is 1.88. The molecular weight excluding hydrogens is 270 g/mol. The summed E-state index contributed by atoms with van der Waals surface area (Å²) in [5.74, 6) is -0.723. The number of aromatic nitrogens is 2. The molecule has 0 radical (unpaired) electrons. The molecule has 0 atom stereocenters. The highest BCUT2D eigenvalue weighted by molar-refractivity contribution is 5.98. The van der Waals surface area contributed by atoms with Crippen LogP contribution in [0.15, 0.2) is 6.20 Å². The van der Waals surface area contributed by atoms with E-state index in [0.29, 0.717) is 30.0 Å². The molecule has 2 rings (SSSR count). The first-order chi connectivity index (χ1) is 9.88. The van der Waals surface area contributed by atoms with Gasteiger partial charge in [-0.25, -0.2) is 4.79 Å². The van der Waals surface area contributed by atoms with Crippen LogP contribution in [-0.4, -0.2) is 32.3 Å². The maximum Gasteiger partial charge on any atom is 0.329 e. The van der Waals surface area contributed by atoms with E-state index in [1.54, 1.807) is 24.9 Å². The number of aryl methyl sites for hydroxylation is 2. The SMILES string of the molecule is CCC1CCC(NC(=O)c2cn(C)nc2C)(C(=O)O)CC1. The van der Waals surface area contributed by atoms with Crippen molar-refractivity contribution in [2.24, 2.45) is 13.0 Å². The molecule has 6 nitrogen and oxygen atoms in total. The molecule has 1 saturated carbocycles. The van der Waals surface area contributed by atoms with Gasteiger partial charge in [0, 0.05) is 13.2 Å². The number of carbonyl (C=O) groups excluding carboxylic acids is 1. The Kier molecular flexibility index (Phi) is 4.34. The fraction of sp³-hybridized carbons (Fsp3) is 0.667. The van der Waals surface area contributed by atoms with Crippen molar-refractivity contribution in [2.45, 2.75) is 51.5 Å². The van der Waals surface area contributed by atoms with E-state index in [0.717, 1.165) is 19.3 Å². The van der Waals surface area contributed by atoms with Crippen LogP contribution < -0.4 is 5.32 Å². The summed E-state index contributed by atoms with van der Waals surface area (Å²) in [6.45, 7) is 3.87. The van der Waals surface area contributed by atoms with Gasteiger partial charge in [0.05, 0.1) is 11.3 Å². The number of hydrogen-bond acceptors (Lipinski definition) is 3. The molecule has 0 bridgehead atoms. The predicted molar refractivity (Wildman–Crippen MR) is 78.0 cm³/mol. The second-order valence-electron chi connectivity index (χ2n) is 5.99. The summed E-state index contributed by atoms with van der Waals surface area (Å²) in [6, 6.07) is 0. The van der Waals surface area contributed by atoms with Crippen LogP contribution in [0.25, 0.3) is 0 Å². The number of carboxylic acid groups (broad SMARTS) is 1. The van der Waals surface area contributed by atoms with Crippen LogP contribution in [0.4, 0.5) is 0 Å². The van der Waals surface area contributed by atoms with Crippen molar-refractivity contribution < 1.29 is 14.7 Å². The first-order valence-corrected chi connectivity index (χ1v) is 7.44. The van der Waals surface area contributed by atoms with Crippen molar-refractivity contribution in [1.82, 2.24) is 15.1 Å². The lowest BCUT2D eigenvalue weighted by Crippen LogP contribution is -2.56. The van der Waals surface area contributed by atoms with E-state index < -0.39 is 11.5 Å². The largest absolute Gasteiger partial charge is 0.480 e. The molecule has 1 aromatic heterocycles. The zero-order chi connectivity index (χ0) is 15.6. The molecule has 1 amide bonds. The molecule has 0 unspecified atom stereocenters. The molecule has 0 spiro atoms. The summed E-state index contributed by atoms with van der Waals surface area (Å²) in [5, 5.41) is 16.5. The van der Waals surface area contributed by atoms with Crippen LogP contribution in [0.5, 0.6) is 0 Å². The topological polar surface area (TPSA) is 84.2 Å². The summed E-state index contributed by atoms with van der Waals surface area (Å²) in [7, 11) is 1.74. The molecule has 1 aliphatic rings. The molecule has 2 N–H and O–H groups in total. The van der Waals surface area contributed by atoms with E-state index in [-0.39, 0.29) is 5.91 Å². The van der Waals surface area contributed by atoms with Crippen LogP contribution in [-0.2, 0) is 11.8 Å². The molecule has 116 valence electrons. The third-order valence-corrected chi connectivity index (χ3v) is 4.56. The van der Waals surface area contributed by atoms with Gasteiger partial charge in [-0.3, -0.25) is 9.48 Å². The highest BCUT2D eigenvalue weighted by Crippen LogP contribution is 2.34. The van der Waals surface area contributed by atoms with Gasteiger partial charge in [-0.15, -0.1) is 0 Å². The van der Waals surface area contributed by atoms with Crippen molar-refractivity contribution in [3.05, 3.63) is 17.5 Å². The van der Waals surface area contributed by atoms with E-state index in [4.69, 9.17) is 0 Å². The molecule has 1 heterocycles. The average molecular weight is 293 g/mol. The Morgan fingerprint density at radius 2 is 2.10 bits per heavy atom. The number of carboxylic acids is 1. The summed E-state index contributed by atoms with van der Waals surface area (Å²) >= 11 is 0. The number of carbonyl (C=O) groups is 2. The van der Waals surface area contributed by atoms with Gasteiger partial charge >= 0.3 is 5.97 Å². The number of nitrogens with one attached hydrogen (secondary N) is 1. The summed E-state index contributed by atoms with van der Waals surface area (Å²) < 4.78 is 1.56. The second-order valence-corrected chi connectivity index (χ2v) is 5.99. The van der Waals surface area contributed by atoms with Gasteiger partial charge in [0.1, 0.15) is 5.54 Å². The van der Waals surface area contributed by atoms with Gasteiger partial charge in [0.25, 0.3) is 5.91 Å². The Morgan fingerprint density at radius 3 is 2.52 bits per heavy atom. The van der Waals surface area contributed by atoms with Crippen molar-refractivity contribution in [3.63, 3.8) is 0 Å². The zero-order valence-electron chi connectivity index (χ0n) is 12.8. The van der Waals surface area contributed by atoms with Crippen molar-refractivity contribution in [2.75, 3.05) is 0 Å². The van der Waals surface area contributed by atoms with Gasteiger partial charge in [-0.2, -0.15) is 5.10 Å². The van der Waals surface area contributed by atoms with E-state index in [9.17, 15) is 14.7 Å². The van der Waals surface area contributed by atoms with Crippen molar-refractivity contribution in [1.29, 1.82) is 0 Å². The Labute approximate surface area is 124 Å². The Hall–Kier alpha value is -1.85. The lowest BCUT2D eigenvalue weighted by molar-refractivity contribution is -0.146. The van der Waals surface area contributed by atoms with Gasteiger partial charge in [-0.1, -0.05) is 13.3 Å².